The molecular formula is C27H49ClN4OSi. The molecule has 194 valence electrons. The second-order valence-corrected chi connectivity index (χ2v) is 16.4. The molecule has 0 spiro atoms. The van der Waals surface area contributed by atoms with Crippen LogP contribution < -0.4 is 21.3 Å². The Hall–Kier alpha value is -1.47. The molecule has 0 saturated heterocycles. The molecule has 0 aliphatic rings. The van der Waals surface area contributed by atoms with Crippen LogP contribution in [0.5, 0.6) is 0 Å². The fourth-order valence-electron chi connectivity index (χ4n) is 3.37. The molecule has 0 fully saturated rings. The van der Waals surface area contributed by atoms with E-state index < -0.39 is 19.4 Å². The number of benzene rings is 1. The van der Waals surface area contributed by atoms with Crippen LogP contribution in [-0.4, -0.2) is 32.9 Å². The highest BCUT2D eigenvalue weighted by molar-refractivity contribution is 6.74. The normalized spacial score (nSPS) is 16.5. The highest BCUT2D eigenvalue weighted by Gasteiger charge is 2.42. The molecule has 0 bridgehead atoms. The van der Waals surface area contributed by atoms with Gasteiger partial charge in [0, 0.05) is 30.9 Å². The first-order valence-corrected chi connectivity index (χ1v) is 15.7. The van der Waals surface area contributed by atoms with Crippen molar-refractivity contribution in [1.29, 1.82) is 0 Å². The van der Waals surface area contributed by atoms with Crippen LogP contribution in [0.4, 0.5) is 0 Å². The SMILES string of the molecule is C=CN[C@@](C)(NCc1ccccc1CO[Si](C)(C)C(C)(C)C)C(C)(/C=C(\NC)NC(C)C)CCl. The summed E-state index contributed by atoms with van der Waals surface area (Å²) in [5.74, 6) is 1.36. The topological polar surface area (TPSA) is 57.4 Å². The minimum absolute atomic E-state index is 0.177. The molecule has 0 amide bonds. The average Bonchev–Trinajstić information content (AvgIpc) is 2.75. The van der Waals surface area contributed by atoms with E-state index in [4.69, 9.17) is 16.0 Å². The number of hydrogen-bond donors (Lipinski definition) is 4. The lowest BCUT2D eigenvalue weighted by molar-refractivity contribution is 0.159. The van der Waals surface area contributed by atoms with Gasteiger partial charge in [-0.05, 0) is 62.3 Å². The smallest absolute Gasteiger partial charge is 0.192 e. The lowest BCUT2D eigenvalue weighted by Crippen LogP contribution is -2.63. The van der Waals surface area contributed by atoms with E-state index >= 15 is 0 Å². The van der Waals surface area contributed by atoms with Gasteiger partial charge in [-0.25, -0.2) is 0 Å². The van der Waals surface area contributed by atoms with Gasteiger partial charge in [-0.2, -0.15) is 0 Å². The Bertz CT molecular complexity index is 821. The fourth-order valence-corrected chi connectivity index (χ4v) is 4.67. The summed E-state index contributed by atoms with van der Waals surface area (Å²) in [5, 5.41) is 14.1. The largest absolute Gasteiger partial charge is 0.413 e. The molecule has 1 unspecified atom stereocenters. The van der Waals surface area contributed by atoms with Crippen LogP contribution in [0, 0.1) is 5.41 Å². The zero-order chi connectivity index (χ0) is 26.2. The summed E-state index contributed by atoms with van der Waals surface area (Å²) in [6.45, 7) is 25.1. The Kier molecular flexibility index (Phi) is 11.2. The molecule has 1 aromatic carbocycles. The number of nitrogens with one attached hydrogen (secondary N) is 4. The molecule has 4 N–H and O–H groups in total. The highest BCUT2D eigenvalue weighted by atomic mass is 35.5. The maximum absolute atomic E-state index is 6.59. The summed E-state index contributed by atoms with van der Waals surface area (Å²) in [6.07, 6.45) is 3.89. The number of hydrogen-bond acceptors (Lipinski definition) is 5. The predicted molar refractivity (Wildman–Crippen MR) is 151 cm³/mol. The van der Waals surface area contributed by atoms with Crippen LogP contribution in [0.25, 0.3) is 0 Å². The molecular weight excluding hydrogens is 460 g/mol. The van der Waals surface area contributed by atoms with E-state index in [1.165, 1.54) is 11.1 Å². The summed E-state index contributed by atoms with van der Waals surface area (Å²) in [7, 11) is 0.0769. The van der Waals surface area contributed by atoms with Gasteiger partial charge in [0.25, 0.3) is 0 Å². The van der Waals surface area contributed by atoms with Crippen molar-refractivity contribution in [3.63, 3.8) is 0 Å². The van der Waals surface area contributed by atoms with Crippen LogP contribution in [0.15, 0.2) is 48.9 Å². The molecule has 34 heavy (non-hydrogen) atoms. The van der Waals surface area contributed by atoms with Gasteiger partial charge in [0.15, 0.2) is 8.32 Å². The second-order valence-electron chi connectivity index (χ2n) is 11.3. The van der Waals surface area contributed by atoms with Gasteiger partial charge in [-0.3, -0.25) is 5.32 Å². The number of rotatable bonds is 14. The molecule has 0 aliphatic heterocycles. The van der Waals surface area contributed by atoms with Crippen molar-refractivity contribution in [2.24, 2.45) is 5.41 Å². The van der Waals surface area contributed by atoms with Gasteiger partial charge < -0.3 is 20.4 Å². The molecule has 0 aromatic heterocycles. The first-order valence-electron chi connectivity index (χ1n) is 12.2. The third-order valence-corrected chi connectivity index (χ3v) is 12.2. The molecule has 0 radical (unpaired) electrons. The summed E-state index contributed by atoms with van der Waals surface area (Å²) < 4.78 is 6.52. The van der Waals surface area contributed by atoms with Crippen molar-refractivity contribution in [2.45, 2.75) is 91.5 Å². The lowest BCUT2D eigenvalue weighted by Gasteiger charge is -2.45. The third kappa shape index (κ3) is 8.04. The first-order chi connectivity index (χ1) is 15.6. The molecule has 0 aliphatic carbocycles. The Balaban J connectivity index is 3.20. The zero-order valence-electron chi connectivity index (χ0n) is 23.2. The van der Waals surface area contributed by atoms with Crippen molar-refractivity contribution in [3.05, 3.63) is 60.1 Å². The summed E-state index contributed by atoms with van der Waals surface area (Å²) in [5.41, 5.74) is 1.44. The minimum Gasteiger partial charge on any atom is -0.413 e. The highest BCUT2D eigenvalue weighted by Crippen LogP contribution is 2.37. The first kappa shape index (κ1) is 30.6. The van der Waals surface area contributed by atoms with E-state index in [0.29, 0.717) is 25.1 Å². The van der Waals surface area contributed by atoms with E-state index in [2.05, 4.69) is 120 Å². The van der Waals surface area contributed by atoms with Gasteiger partial charge in [-0.15, -0.1) is 11.6 Å². The maximum atomic E-state index is 6.59. The molecule has 1 rings (SSSR count). The van der Waals surface area contributed by atoms with Gasteiger partial charge >= 0.3 is 0 Å². The minimum atomic E-state index is -1.84. The van der Waals surface area contributed by atoms with E-state index in [1.807, 2.05) is 7.05 Å². The van der Waals surface area contributed by atoms with E-state index in [9.17, 15) is 0 Å². The quantitative estimate of drug-likeness (QED) is 0.140. The molecule has 2 atom stereocenters. The van der Waals surface area contributed by atoms with Crippen LogP contribution >= 0.6 is 11.6 Å². The number of halogens is 1. The summed E-state index contributed by atoms with van der Waals surface area (Å²) >= 11 is 6.59. The predicted octanol–water partition coefficient (Wildman–Crippen LogP) is 6.05. The Morgan fingerprint density at radius 2 is 1.71 bits per heavy atom. The van der Waals surface area contributed by atoms with Gasteiger partial charge in [-0.1, -0.05) is 58.5 Å². The zero-order valence-corrected chi connectivity index (χ0v) is 24.9. The van der Waals surface area contributed by atoms with Crippen LogP contribution in [0.2, 0.25) is 18.1 Å². The Morgan fingerprint density at radius 3 is 2.18 bits per heavy atom. The number of alkyl halides is 1. The molecule has 5 nitrogen and oxygen atoms in total. The van der Waals surface area contributed by atoms with E-state index in [-0.39, 0.29) is 5.04 Å². The van der Waals surface area contributed by atoms with Crippen molar-refractivity contribution in [3.8, 4) is 0 Å². The maximum Gasteiger partial charge on any atom is 0.192 e. The summed E-state index contributed by atoms with van der Waals surface area (Å²) in [6, 6.07) is 8.79. The van der Waals surface area contributed by atoms with E-state index in [1.54, 1.807) is 6.20 Å². The molecule has 7 heteroatoms. The van der Waals surface area contributed by atoms with E-state index in [0.717, 1.165) is 5.82 Å². The Labute approximate surface area is 215 Å². The molecule has 0 saturated carbocycles. The Morgan fingerprint density at radius 1 is 1.12 bits per heavy atom. The van der Waals surface area contributed by atoms with Crippen LogP contribution in [0.3, 0.4) is 0 Å². The van der Waals surface area contributed by atoms with Crippen LogP contribution in [0.1, 0.15) is 59.6 Å². The van der Waals surface area contributed by atoms with Crippen molar-refractivity contribution in [1.82, 2.24) is 21.3 Å². The second kappa shape index (κ2) is 12.5. The van der Waals surface area contributed by atoms with Crippen molar-refractivity contribution in [2.75, 3.05) is 12.9 Å². The van der Waals surface area contributed by atoms with Crippen molar-refractivity contribution < 1.29 is 4.43 Å². The fraction of sp³-hybridized carbons (Fsp3) is 0.630. The summed E-state index contributed by atoms with van der Waals surface area (Å²) in [4.78, 5) is 0. The van der Waals surface area contributed by atoms with Crippen LogP contribution in [-0.2, 0) is 17.6 Å². The monoisotopic (exact) mass is 508 g/mol. The standard InChI is InChI=1S/C27H49ClN4OSi/c1-12-30-27(8,26(7,20-28)17-24(29-9)32-21(2)3)31-18-22-15-13-14-16-23(22)19-33-34(10,11)25(4,5)6/h12-17,21,29-32H,1,18-20H2,2-11H3/b24-17+/t26?,27-/m0/s1. The van der Waals surface area contributed by atoms with Gasteiger partial charge in [0.2, 0.25) is 0 Å². The average molecular weight is 509 g/mol. The lowest BCUT2D eigenvalue weighted by atomic mass is 9.78. The third-order valence-electron chi connectivity index (χ3n) is 7.13. The molecule has 1 aromatic rings. The van der Waals surface area contributed by atoms with Gasteiger partial charge in [0.1, 0.15) is 0 Å². The van der Waals surface area contributed by atoms with Crippen molar-refractivity contribution >= 4 is 19.9 Å². The molecule has 0 heterocycles. The van der Waals surface area contributed by atoms with Gasteiger partial charge in [0.05, 0.1) is 18.1 Å².